The number of piperazine rings is 1. The fourth-order valence-electron chi connectivity index (χ4n) is 3.14. The molecule has 2 aromatic rings. The van der Waals surface area contributed by atoms with Gasteiger partial charge in [-0.15, -0.1) is 0 Å². The third kappa shape index (κ3) is 4.88. The van der Waals surface area contributed by atoms with Crippen molar-refractivity contribution in [3.63, 3.8) is 0 Å². The Morgan fingerprint density at radius 1 is 0.966 bits per heavy atom. The van der Waals surface area contributed by atoms with Crippen LogP contribution in [0.5, 0.6) is 0 Å². The molecule has 1 saturated heterocycles. The number of hydrogen-bond acceptors (Lipinski definition) is 3. The van der Waals surface area contributed by atoms with Crippen molar-refractivity contribution in [2.24, 2.45) is 0 Å². The maximum atomic E-state index is 13.3. The summed E-state index contributed by atoms with van der Waals surface area (Å²) in [4.78, 5) is 13.8. The van der Waals surface area contributed by atoms with Crippen LogP contribution in [0.2, 0.25) is 10.0 Å². The number of benzene rings is 2. The fourth-order valence-corrected chi connectivity index (χ4v) is 5.65. The molecule has 156 valence electrons. The van der Waals surface area contributed by atoms with Crippen LogP contribution < -0.4 is 0 Å². The molecule has 3 rings (SSSR count). The number of amides is 1. The van der Waals surface area contributed by atoms with E-state index in [-0.39, 0.29) is 59.9 Å². The molecule has 0 N–H and O–H groups in total. The van der Waals surface area contributed by atoms with Gasteiger partial charge >= 0.3 is 0 Å². The van der Waals surface area contributed by atoms with Crippen LogP contribution in [0.15, 0.2) is 41.3 Å². The summed E-state index contributed by atoms with van der Waals surface area (Å²) in [6, 6.07) is 8.01. The largest absolute Gasteiger partial charge is 0.340 e. The monoisotopic (exact) mass is 462 g/mol. The number of rotatable bonds is 5. The lowest BCUT2D eigenvalue weighted by Crippen LogP contribution is -2.50. The van der Waals surface area contributed by atoms with Gasteiger partial charge in [0.2, 0.25) is 15.9 Å². The van der Waals surface area contributed by atoms with Crippen LogP contribution in [0, 0.1) is 11.6 Å². The molecule has 2 aromatic carbocycles. The summed E-state index contributed by atoms with van der Waals surface area (Å²) in [5, 5.41) is 0.0880. The average molecular weight is 463 g/mol. The minimum absolute atomic E-state index is 0.0440. The number of halogens is 4. The first-order valence-corrected chi connectivity index (χ1v) is 11.1. The Labute approximate surface area is 177 Å². The Bertz CT molecular complexity index is 1010. The third-order valence-corrected chi connectivity index (χ3v) is 7.57. The minimum atomic E-state index is -3.88. The molecule has 0 unspecified atom stereocenters. The molecule has 0 radical (unpaired) electrons. The van der Waals surface area contributed by atoms with E-state index < -0.39 is 21.7 Å². The van der Waals surface area contributed by atoms with Gasteiger partial charge in [-0.1, -0.05) is 35.3 Å². The third-order valence-electron chi connectivity index (χ3n) is 4.72. The lowest BCUT2D eigenvalue weighted by molar-refractivity contribution is -0.132. The van der Waals surface area contributed by atoms with Crippen LogP contribution in [0.3, 0.4) is 0 Å². The van der Waals surface area contributed by atoms with Crippen molar-refractivity contribution in [2.75, 3.05) is 26.2 Å². The lowest BCUT2D eigenvalue weighted by atomic mass is 10.1. The summed E-state index contributed by atoms with van der Waals surface area (Å²) < 4.78 is 53.2. The highest BCUT2D eigenvalue weighted by Crippen LogP contribution is 2.31. The lowest BCUT2D eigenvalue weighted by Gasteiger charge is -2.34. The standard InChI is InChI=1S/C19H18Cl2F2N2O3S/c20-14-2-1-3-15(21)19(14)29(27,28)25-10-8-24(9-11-25)18(26)7-5-13-4-6-16(22)17(23)12-13/h1-4,6,12H,5,7-11H2. The highest BCUT2D eigenvalue weighted by Gasteiger charge is 2.32. The van der Waals surface area contributed by atoms with Gasteiger partial charge in [0, 0.05) is 32.6 Å². The zero-order valence-corrected chi connectivity index (χ0v) is 17.6. The molecule has 0 bridgehead atoms. The van der Waals surface area contributed by atoms with E-state index in [0.717, 1.165) is 12.1 Å². The molecular weight excluding hydrogens is 445 g/mol. The molecule has 0 atom stereocenters. The fraction of sp³-hybridized carbons (Fsp3) is 0.316. The predicted molar refractivity (Wildman–Crippen MR) is 106 cm³/mol. The Kier molecular flexibility index (Phi) is 6.78. The van der Waals surface area contributed by atoms with E-state index in [4.69, 9.17) is 23.2 Å². The zero-order chi connectivity index (χ0) is 21.2. The molecule has 1 heterocycles. The van der Waals surface area contributed by atoms with Gasteiger partial charge < -0.3 is 4.90 Å². The van der Waals surface area contributed by atoms with E-state index in [9.17, 15) is 22.0 Å². The minimum Gasteiger partial charge on any atom is -0.340 e. The molecule has 5 nitrogen and oxygen atoms in total. The zero-order valence-electron chi connectivity index (χ0n) is 15.2. The quantitative estimate of drug-likeness (QED) is 0.679. The maximum absolute atomic E-state index is 13.3. The smallest absolute Gasteiger partial charge is 0.246 e. The predicted octanol–water partition coefficient (Wildman–Crippen LogP) is 3.74. The Morgan fingerprint density at radius 2 is 1.59 bits per heavy atom. The van der Waals surface area contributed by atoms with Gasteiger partial charge in [-0.25, -0.2) is 17.2 Å². The molecule has 1 fully saturated rings. The number of carbonyl (C=O) groups excluding carboxylic acids is 1. The molecule has 1 amide bonds. The van der Waals surface area contributed by atoms with Gasteiger partial charge in [0.1, 0.15) is 4.90 Å². The molecule has 1 aliphatic heterocycles. The normalized spacial score (nSPS) is 15.5. The highest BCUT2D eigenvalue weighted by atomic mass is 35.5. The first-order valence-electron chi connectivity index (χ1n) is 8.86. The molecule has 0 saturated carbocycles. The van der Waals surface area contributed by atoms with Gasteiger partial charge in [-0.05, 0) is 36.2 Å². The second-order valence-electron chi connectivity index (χ2n) is 6.58. The van der Waals surface area contributed by atoms with Crippen molar-refractivity contribution >= 4 is 39.1 Å². The number of sulfonamides is 1. The Balaban J connectivity index is 1.59. The first-order chi connectivity index (χ1) is 13.7. The van der Waals surface area contributed by atoms with E-state index in [2.05, 4.69) is 0 Å². The summed E-state index contributed by atoms with van der Waals surface area (Å²) in [7, 11) is -3.88. The van der Waals surface area contributed by atoms with Crippen LogP contribution in [-0.2, 0) is 21.2 Å². The van der Waals surface area contributed by atoms with Crippen LogP contribution in [-0.4, -0.2) is 49.7 Å². The van der Waals surface area contributed by atoms with E-state index in [1.165, 1.54) is 22.5 Å². The van der Waals surface area contributed by atoms with Gasteiger partial charge in [-0.2, -0.15) is 4.31 Å². The average Bonchev–Trinajstić information content (AvgIpc) is 2.68. The Hall–Kier alpha value is -1.74. The van der Waals surface area contributed by atoms with Crippen molar-refractivity contribution in [2.45, 2.75) is 17.7 Å². The number of carbonyl (C=O) groups is 1. The van der Waals surface area contributed by atoms with E-state index in [1.807, 2.05) is 0 Å². The van der Waals surface area contributed by atoms with Gasteiger partial charge in [0.25, 0.3) is 0 Å². The SMILES string of the molecule is O=C(CCc1ccc(F)c(F)c1)N1CCN(S(=O)(=O)c2c(Cl)cccc2Cl)CC1. The van der Waals surface area contributed by atoms with Crippen molar-refractivity contribution in [3.05, 3.63) is 63.6 Å². The summed E-state index contributed by atoms with van der Waals surface area (Å²) in [6.45, 7) is 0.664. The van der Waals surface area contributed by atoms with Gasteiger partial charge in [0.15, 0.2) is 11.6 Å². The Morgan fingerprint density at radius 3 is 2.17 bits per heavy atom. The van der Waals surface area contributed by atoms with Crippen molar-refractivity contribution in [1.29, 1.82) is 0 Å². The first kappa shape index (κ1) is 22.0. The molecule has 10 heteroatoms. The van der Waals surface area contributed by atoms with Crippen LogP contribution in [0.25, 0.3) is 0 Å². The molecule has 29 heavy (non-hydrogen) atoms. The number of aryl methyl sites for hydroxylation is 1. The summed E-state index contributed by atoms with van der Waals surface area (Å²) >= 11 is 12.1. The van der Waals surface area contributed by atoms with E-state index in [1.54, 1.807) is 11.0 Å². The van der Waals surface area contributed by atoms with E-state index in [0.29, 0.717) is 5.56 Å². The highest BCUT2D eigenvalue weighted by molar-refractivity contribution is 7.89. The van der Waals surface area contributed by atoms with Crippen molar-refractivity contribution < 1.29 is 22.0 Å². The number of hydrogen-bond donors (Lipinski definition) is 0. The van der Waals surface area contributed by atoms with Crippen molar-refractivity contribution in [3.8, 4) is 0 Å². The topological polar surface area (TPSA) is 57.7 Å². The molecule has 0 spiro atoms. The molecule has 1 aliphatic rings. The van der Waals surface area contributed by atoms with Crippen LogP contribution >= 0.6 is 23.2 Å². The summed E-state index contributed by atoms with van der Waals surface area (Å²) in [5.41, 5.74) is 0.520. The molecule has 0 aromatic heterocycles. The molecule has 0 aliphatic carbocycles. The maximum Gasteiger partial charge on any atom is 0.246 e. The second-order valence-corrected chi connectivity index (χ2v) is 9.27. The second kappa shape index (κ2) is 8.95. The molecular formula is C19H18Cl2F2N2O3S. The van der Waals surface area contributed by atoms with Gasteiger partial charge in [0.05, 0.1) is 10.0 Å². The van der Waals surface area contributed by atoms with Crippen molar-refractivity contribution in [1.82, 2.24) is 9.21 Å². The van der Waals surface area contributed by atoms with Crippen LogP contribution in [0.4, 0.5) is 8.78 Å². The summed E-state index contributed by atoms with van der Waals surface area (Å²) in [5.74, 6) is -2.06. The van der Waals surface area contributed by atoms with Gasteiger partial charge in [-0.3, -0.25) is 4.79 Å². The van der Waals surface area contributed by atoms with Crippen LogP contribution in [0.1, 0.15) is 12.0 Å². The van der Waals surface area contributed by atoms with E-state index >= 15 is 0 Å². The summed E-state index contributed by atoms with van der Waals surface area (Å²) in [6.07, 6.45) is 0.387. The number of nitrogens with zero attached hydrogens (tertiary/aromatic N) is 2.